The van der Waals surface area contributed by atoms with Crippen molar-refractivity contribution in [3.63, 3.8) is 0 Å². The molecule has 0 spiro atoms. The molecule has 1 aliphatic heterocycles. The van der Waals surface area contributed by atoms with E-state index in [4.69, 9.17) is 5.84 Å². The molecule has 110 valence electrons. The number of nitrogens with two attached hydrogens (primary N) is 1. The number of amides is 1. The molecule has 2 aromatic heterocycles. The number of anilines is 2. The van der Waals surface area contributed by atoms with Crippen molar-refractivity contribution in [1.82, 2.24) is 14.9 Å². The minimum Gasteiger partial charge on any atom is -0.345 e. The summed E-state index contributed by atoms with van der Waals surface area (Å²) in [6, 6.07) is 1.69. The van der Waals surface area contributed by atoms with Crippen molar-refractivity contribution in [3.8, 4) is 0 Å². The van der Waals surface area contributed by atoms with Crippen molar-refractivity contribution in [1.29, 1.82) is 0 Å². The van der Waals surface area contributed by atoms with E-state index in [-0.39, 0.29) is 5.91 Å². The zero-order valence-electron chi connectivity index (χ0n) is 11.4. The number of carbonyl (C=O) groups excluding carboxylic acids is 1. The van der Waals surface area contributed by atoms with Crippen molar-refractivity contribution >= 4 is 28.1 Å². The summed E-state index contributed by atoms with van der Waals surface area (Å²) in [6.45, 7) is 2.92. The molecule has 3 heterocycles. The fourth-order valence-electron chi connectivity index (χ4n) is 2.34. The number of nitrogens with zero attached hydrogens (tertiary/aromatic N) is 4. The second kappa shape index (κ2) is 6.06. The van der Waals surface area contributed by atoms with Gasteiger partial charge in [-0.05, 0) is 6.07 Å². The number of pyridine rings is 1. The van der Waals surface area contributed by atoms with Crippen molar-refractivity contribution < 1.29 is 4.79 Å². The van der Waals surface area contributed by atoms with Gasteiger partial charge >= 0.3 is 0 Å². The highest BCUT2D eigenvalue weighted by molar-refractivity contribution is 7.13. The second-order valence-corrected chi connectivity index (χ2v) is 5.53. The quantitative estimate of drug-likeness (QED) is 0.644. The molecule has 3 rings (SSSR count). The van der Waals surface area contributed by atoms with E-state index >= 15 is 0 Å². The lowest BCUT2D eigenvalue weighted by Crippen LogP contribution is -2.49. The number of piperazine rings is 1. The Labute approximate surface area is 126 Å². The van der Waals surface area contributed by atoms with Crippen molar-refractivity contribution in [2.24, 2.45) is 5.84 Å². The topological polar surface area (TPSA) is 87.4 Å². The minimum absolute atomic E-state index is 0.0239. The highest BCUT2D eigenvalue weighted by atomic mass is 32.1. The van der Waals surface area contributed by atoms with Gasteiger partial charge in [0, 0.05) is 44.0 Å². The third kappa shape index (κ3) is 2.81. The first-order chi connectivity index (χ1) is 10.3. The van der Waals surface area contributed by atoms with E-state index < -0.39 is 0 Å². The Hall–Kier alpha value is -2.19. The molecule has 0 radical (unpaired) electrons. The molecule has 1 fully saturated rings. The van der Waals surface area contributed by atoms with Gasteiger partial charge in [0.25, 0.3) is 5.91 Å². The van der Waals surface area contributed by atoms with Crippen LogP contribution in [-0.2, 0) is 0 Å². The molecule has 0 aromatic carbocycles. The van der Waals surface area contributed by atoms with Crippen LogP contribution < -0.4 is 16.2 Å². The molecule has 21 heavy (non-hydrogen) atoms. The molecule has 7 nitrogen and oxygen atoms in total. The lowest BCUT2D eigenvalue weighted by atomic mass is 10.2. The lowest BCUT2D eigenvalue weighted by Gasteiger charge is -2.34. The average molecular weight is 304 g/mol. The molecule has 1 aliphatic rings. The fraction of sp³-hybridized carbons (Fsp3) is 0.308. The molecule has 0 bridgehead atoms. The Morgan fingerprint density at radius 1 is 1.29 bits per heavy atom. The Morgan fingerprint density at radius 2 is 2.10 bits per heavy atom. The standard InChI is InChI=1S/C13H16N6OS/c14-17-11-9-15-2-1-10(11)12(20)18-4-6-19(7-5-18)13-16-3-8-21-13/h1-3,8-9,17H,4-7,14H2. The van der Waals surface area contributed by atoms with Gasteiger partial charge in [-0.25, -0.2) is 4.98 Å². The van der Waals surface area contributed by atoms with Crippen molar-refractivity contribution in [3.05, 3.63) is 35.6 Å². The Morgan fingerprint density at radius 3 is 2.76 bits per heavy atom. The van der Waals surface area contributed by atoms with Crippen LogP contribution in [-0.4, -0.2) is 47.0 Å². The van der Waals surface area contributed by atoms with Crippen LogP contribution in [0.2, 0.25) is 0 Å². The molecule has 1 amide bonds. The molecule has 0 aliphatic carbocycles. The van der Waals surface area contributed by atoms with Crippen molar-refractivity contribution in [2.45, 2.75) is 0 Å². The van der Waals surface area contributed by atoms with Gasteiger partial charge in [0.1, 0.15) is 0 Å². The number of hydrogen-bond acceptors (Lipinski definition) is 7. The number of aromatic nitrogens is 2. The zero-order chi connectivity index (χ0) is 14.7. The zero-order valence-corrected chi connectivity index (χ0v) is 12.2. The minimum atomic E-state index is -0.0239. The van der Waals surface area contributed by atoms with Gasteiger partial charge in [-0.15, -0.1) is 11.3 Å². The van der Waals surface area contributed by atoms with Gasteiger partial charge in [-0.2, -0.15) is 0 Å². The average Bonchev–Trinajstić information content (AvgIpc) is 3.09. The summed E-state index contributed by atoms with van der Waals surface area (Å²) in [5.41, 5.74) is 3.62. The van der Waals surface area contributed by atoms with Gasteiger partial charge < -0.3 is 15.2 Å². The molecule has 1 saturated heterocycles. The van der Waals surface area contributed by atoms with Crippen LogP contribution in [0.3, 0.4) is 0 Å². The van der Waals surface area contributed by atoms with Crippen LogP contribution in [0, 0.1) is 0 Å². The predicted octanol–water partition coefficient (Wildman–Crippen LogP) is 0.786. The third-order valence-corrected chi connectivity index (χ3v) is 4.30. The van der Waals surface area contributed by atoms with Crippen LogP contribution >= 0.6 is 11.3 Å². The number of carbonyl (C=O) groups is 1. The number of rotatable bonds is 3. The molecule has 3 N–H and O–H groups in total. The SMILES string of the molecule is NNc1cnccc1C(=O)N1CCN(c2nccs2)CC1. The Kier molecular flexibility index (Phi) is 3.98. The lowest BCUT2D eigenvalue weighted by molar-refractivity contribution is 0.0747. The Bertz CT molecular complexity index is 609. The van der Waals surface area contributed by atoms with Crippen LogP contribution in [0.5, 0.6) is 0 Å². The number of thiazole rings is 1. The highest BCUT2D eigenvalue weighted by Crippen LogP contribution is 2.21. The summed E-state index contributed by atoms with van der Waals surface area (Å²) in [5.74, 6) is 5.40. The molecule has 0 atom stereocenters. The molecule has 8 heteroatoms. The first kappa shape index (κ1) is 13.8. The smallest absolute Gasteiger partial charge is 0.256 e. The van der Waals surface area contributed by atoms with Gasteiger partial charge in [-0.3, -0.25) is 15.6 Å². The van der Waals surface area contributed by atoms with Crippen LogP contribution in [0.15, 0.2) is 30.0 Å². The monoisotopic (exact) mass is 304 g/mol. The summed E-state index contributed by atoms with van der Waals surface area (Å²) in [5, 5.41) is 2.97. The molecule has 0 unspecified atom stereocenters. The van der Waals surface area contributed by atoms with Gasteiger partial charge in [-0.1, -0.05) is 0 Å². The normalized spacial score (nSPS) is 15.1. The fourth-order valence-corrected chi connectivity index (χ4v) is 3.04. The summed E-state index contributed by atoms with van der Waals surface area (Å²) in [4.78, 5) is 24.8. The van der Waals surface area contributed by atoms with Gasteiger partial charge in [0.2, 0.25) is 0 Å². The van der Waals surface area contributed by atoms with Crippen LogP contribution in [0.25, 0.3) is 0 Å². The number of nitrogens with one attached hydrogen (secondary N) is 1. The highest BCUT2D eigenvalue weighted by Gasteiger charge is 2.24. The van der Waals surface area contributed by atoms with E-state index in [9.17, 15) is 4.79 Å². The first-order valence-corrected chi connectivity index (χ1v) is 7.52. The second-order valence-electron chi connectivity index (χ2n) is 4.66. The molecule has 2 aromatic rings. The maximum atomic E-state index is 12.5. The number of hydrazine groups is 1. The first-order valence-electron chi connectivity index (χ1n) is 6.64. The van der Waals surface area contributed by atoms with E-state index in [0.717, 1.165) is 18.2 Å². The third-order valence-electron chi connectivity index (χ3n) is 3.46. The largest absolute Gasteiger partial charge is 0.345 e. The van der Waals surface area contributed by atoms with E-state index in [1.807, 2.05) is 10.3 Å². The predicted molar refractivity (Wildman–Crippen MR) is 82.3 cm³/mol. The summed E-state index contributed by atoms with van der Waals surface area (Å²) >= 11 is 1.62. The van der Waals surface area contributed by atoms with E-state index in [1.54, 1.807) is 36.0 Å². The van der Waals surface area contributed by atoms with Crippen LogP contribution in [0.1, 0.15) is 10.4 Å². The Balaban J connectivity index is 1.68. The van der Waals surface area contributed by atoms with E-state index in [1.165, 1.54) is 0 Å². The maximum absolute atomic E-state index is 12.5. The number of nitrogen functional groups attached to an aromatic ring is 1. The van der Waals surface area contributed by atoms with E-state index in [0.29, 0.717) is 24.3 Å². The molecular formula is C13H16N6OS. The molecule has 0 saturated carbocycles. The summed E-state index contributed by atoms with van der Waals surface area (Å²) < 4.78 is 0. The van der Waals surface area contributed by atoms with Crippen molar-refractivity contribution in [2.75, 3.05) is 36.5 Å². The van der Waals surface area contributed by atoms with Gasteiger partial charge in [0.15, 0.2) is 5.13 Å². The summed E-state index contributed by atoms with van der Waals surface area (Å²) in [7, 11) is 0. The molecular weight excluding hydrogens is 288 g/mol. The number of hydrogen-bond donors (Lipinski definition) is 2. The van der Waals surface area contributed by atoms with E-state index in [2.05, 4.69) is 20.3 Å². The van der Waals surface area contributed by atoms with Gasteiger partial charge in [0.05, 0.1) is 17.4 Å². The summed E-state index contributed by atoms with van der Waals surface area (Å²) in [6.07, 6.45) is 4.95. The maximum Gasteiger partial charge on any atom is 0.256 e. The van der Waals surface area contributed by atoms with Crippen LogP contribution in [0.4, 0.5) is 10.8 Å².